The molecule has 76 valence electrons. The monoisotopic (exact) mass is 219 g/mol. The molecular weight excluding hydrogens is 210 g/mol. The Bertz CT molecular complexity index is 210. The van der Waals surface area contributed by atoms with Crippen molar-refractivity contribution in [2.75, 3.05) is 0 Å². The number of rotatable bonds is 1. The Morgan fingerprint density at radius 2 is 1.57 bits per heavy atom. The van der Waals surface area contributed by atoms with Gasteiger partial charge in [-0.05, 0) is 0 Å². The summed E-state index contributed by atoms with van der Waals surface area (Å²) in [4.78, 5) is 10.3. The summed E-state index contributed by atoms with van der Waals surface area (Å²) in [6, 6.07) is 0. The van der Waals surface area contributed by atoms with Crippen molar-refractivity contribution in [3.05, 3.63) is 0 Å². The fraction of sp³-hybridized carbons (Fsp3) is 0.833. The molecule has 1 saturated heterocycles. The summed E-state index contributed by atoms with van der Waals surface area (Å²) in [5.41, 5.74) is 0. The molecular formula is C6H9NaO7. The average molecular weight is 219 g/mol. The van der Waals surface area contributed by atoms with Crippen molar-refractivity contribution in [2.45, 2.75) is 30.7 Å². The molecule has 7 nitrogen and oxygen atoms in total. The SMILES string of the molecule is O=[13C]([O-])[C@@H]1O[13CH](O)[13C@H](O)[C@@H](O)[C@@H]1O.[Na+]. The van der Waals surface area contributed by atoms with E-state index < -0.39 is 36.7 Å². The first kappa shape index (κ1) is 14.3. The summed E-state index contributed by atoms with van der Waals surface area (Å²) in [6.07, 6.45) is -9.00. The molecule has 1 fully saturated rings. The molecule has 0 saturated carbocycles. The van der Waals surface area contributed by atoms with E-state index in [1.807, 2.05) is 0 Å². The zero-order valence-corrected chi connectivity index (χ0v) is 9.40. The average Bonchev–Trinajstić information content (AvgIpc) is 2.07. The van der Waals surface area contributed by atoms with Crippen LogP contribution in [-0.2, 0) is 9.53 Å². The van der Waals surface area contributed by atoms with Gasteiger partial charge in [-0.2, -0.15) is 0 Å². The van der Waals surface area contributed by atoms with E-state index in [0.29, 0.717) is 0 Å². The van der Waals surface area contributed by atoms with E-state index in [-0.39, 0.29) is 29.6 Å². The first-order valence-corrected chi connectivity index (χ1v) is 3.53. The number of aliphatic hydroxyl groups excluding tert-OH is 4. The van der Waals surface area contributed by atoms with Crippen LogP contribution in [0.3, 0.4) is 0 Å². The molecule has 14 heavy (non-hydrogen) atoms. The second-order valence-electron chi connectivity index (χ2n) is 2.74. The van der Waals surface area contributed by atoms with Gasteiger partial charge in [0.05, 0.1) is 5.97 Å². The molecule has 5 atom stereocenters. The van der Waals surface area contributed by atoms with Crippen molar-refractivity contribution in [1.82, 2.24) is 0 Å². The Labute approximate surface area is 101 Å². The topological polar surface area (TPSA) is 130 Å². The van der Waals surface area contributed by atoms with E-state index in [9.17, 15) is 9.90 Å². The molecule has 0 aromatic carbocycles. The van der Waals surface area contributed by atoms with Crippen LogP contribution in [0.25, 0.3) is 0 Å². The molecule has 1 rings (SSSR count). The molecule has 0 spiro atoms. The predicted molar refractivity (Wildman–Crippen MR) is 33.9 cm³/mol. The van der Waals surface area contributed by atoms with E-state index in [0.717, 1.165) is 0 Å². The molecule has 0 amide bonds. The van der Waals surface area contributed by atoms with Crippen molar-refractivity contribution >= 4 is 5.97 Å². The van der Waals surface area contributed by atoms with Gasteiger partial charge in [0.15, 0.2) is 6.29 Å². The maximum Gasteiger partial charge on any atom is 1.00 e. The number of aliphatic hydroxyl groups is 4. The van der Waals surface area contributed by atoms with Gasteiger partial charge in [-0.1, -0.05) is 0 Å². The molecule has 0 aromatic heterocycles. The number of ether oxygens (including phenoxy) is 1. The third kappa shape index (κ3) is 2.65. The maximum absolute atomic E-state index is 10.3. The number of hydrogen-bond donors (Lipinski definition) is 4. The van der Waals surface area contributed by atoms with Crippen LogP contribution in [-0.4, -0.2) is 57.1 Å². The summed E-state index contributed by atoms with van der Waals surface area (Å²) in [6.45, 7) is 0. The molecule has 4 N–H and O–H groups in total. The van der Waals surface area contributed by atoms with E-state index in [2.05, 4.69) is 4.74 Å². The van der Waals surface area contributed by atoms with Gasteiger partial charge >= 0.3 is 29.6 Å². The van der Waals surface area contributed by atoms with Gasteiger partial charge in [-0.15, -0.1) is 0 Å². The van der Waals surface area contributed by atoms with Crippen LogP contribution in [0.15, 0.2) is 0 Å². The number of carboxylic acid groups (broad SMARTS) is 1. The van der Waals surface area contributed by atoms with Crippen LogP contribution in [0, 0.1) is 0 Å². The van der Waals surface area contributed by atoms with Crippen molar-refractivity contribution < 1.29 is 64.6 Å². The van der Waals surface area contributed by atoms with E-state index in [4.69, 9.17) is 20.4 Å². The fourth-order valence-corrected chi connectivity index (χ4v) is 1.06. The Kier molecular flexibility index (Phi) is 5.48. The number of carboxylic acids is 1. The molecule has 1 aliphatic rings. The normalized spacial score (nSPS) is 42.7. The largest absolute Gasteiger partial charge is 1.00 e. The zero-order valence-electron chi connectivity index (χ0n) is 7.40. The van der Waals surface area contributed by atoms with Crippen molar-refractivity contribution in [3.8, 4) is 0 Å². The summed E-state index contributed by atoms with van der Waals surface area (Å²) in [7, 11) is 0. The minimum Gasteiger partial charge on any atom is -0.547 e. The molecule has 0 radical (unpaired) electrons. The molecule has 1 aliphatic heterocycles. The molecule has 1 unspecified atom stereocenters. The zero-order chi connectivity index (χ0) is 10.2. The minimum atomic E-state index is -1.85. The summed E-state index contributed by atoms with van der Waals surface area (Å²) < 4.78 is 4.28. The first-order chi connectivity index (χ1) is 5.95. The van der Waals surface area contributed by atoms with E-state index in [1.54, 1.807) is 0 Å². The fourth-order valence-electron chi connectivity index (χ4n) is 1.06. The molecule has 0 aliphatic carbocycles. The van der Waals surface area contributed by atoms with Crippen LogP contribution < -0.4 is 34.7 Å². The Balaban J connectivity index is 0.00000169. The van der Waals surface area contributed by atoms with Crippen LogP contribution in [0.2, 0.25) is 0 Å². The molecule has 0 bridgehead atoms. The maximum atomic E-state index is 10.3. The van der Waals surface area contributed by atoms with Crippen molar-refractivity contribution in [1.29, 1.82) is 0 Å². The third-order valence-corrected chi connectivity index (χ3v) is 1.82. The summed E-state index contributed by atoms with van der Waals surface area (Å²) in [5.74, 6) is -1.77. The van der Waals surface area contributed by atoms with E-state index >= 15 is 0 Å². The number of carbonyl (C=O) groups excluding carboxylic acids is 1. The number of aliphatic carboxylic acids is 1. The Hall–Kier alpha value is 0.270. The molecule has 8 heteroatoms. The second-order valence-corrected chi connectivity index (χ2v) is 2.74. The predicted octanol–water partition coefficient (Wildman–Crippen LogP) is -7.46. The number of carbonyl (C=O) groups is 1. The van der Waals surface area contributed by atoms with Gasteiger partial charge < -0.3 is 35.1 Å². The van der Waals surface area contributed by atoms with Crippen LogP contribution in [0.5, 0.6) is 0 Å². The van der Waals surface area contributed by atoms with Crippen LogP contribution in [0.4, 0.5) is 0 Å². The number of hydrogen-bond acceptors (Lipinski definition) is 7. The Morgan fingerprint density at radius 1 is 1.07 bits per heavy atom. The van der Waals surface area contributed by atoms with Gasteiger partial charge in [0.1, 0.15) is 24.4 Å². The van der Waals surface area contributed by atoms with Gasteiger partial charge in [0.25, 0.3) is 0 Å². The van der Waals surface area contributed by atoms with Gasteiger partial charge in [-0.3, -0.25) is 0 Å². The van der Waals surface area contributed by atoms with Crippen LogP contribution in [0.1, 0.15) is 0 Å². The quantitative estimate of drug-likeness (QED) is 0.254. The van der Waals surface area contributed by atoms with Gasteiger partial charge in [-0.25, -0.2) is 0 Å². The Morgan fingerprint density at radius 3 is 2.00 bits per heavy atom. The third-order valence-electron chi connectivity index (χ3n) is 1.82. The smallest absolute Gasteiger partial charge is 0.547 e. The van der Waals surface area contributed by atoms with Crippen molar-refractivity contribution in [2.24, 2.45) is 0 Å². The molecule has 0 aromatic rings. The first-order valence-electron chi connectivity index (χ1n) is 3.53. The summed E-state index contributed by atoms with van der Waals surface area (Å²) >= 11 is 0. The molecule has 1 heterocycles. The van der Waals surface area contributed by atoms with Crippen LogP contribution >= 0.6 is 0 Å². The standard InChI is InChI=1S/C6H10O7.Na/c7-1-2(8)4(5(10)11)13-6(12)3(1)9;/h1-4,6-9,12H,(H,10,11);/q;+1/p-1/t1-,2-,3+,4+,6?;/m0./s1/i3+1,5+1,6+1;. The van der Waals surface area contributed by atoms with Gasteiger partial charge in [0.2, 0.25) is 0 Å². The minimum absolute atomic E-state index is 0. The summed E-state index contributed by atoms with van der Waals surface area (Å²) in [5, 5.41) is 46.1. The second kappa shape index (κ2) is 5.38. The van der Waals surface area contributed by atoms with Gasteiger partial charge in [0, 0.05) is 0 Å². The van der Waals surface area contributed by atoms with E-state index in [1.165, 1.54) is 0 Å². The van der Waals surface area contributed by atoms with Crippen molar-refractivity contribution in [3.63, 3.8) is 0 Å².